The van der Waals surface area contributed by atoms with Crippen molar-refractivity contribution in [3.05, 3.63) is 71.3 Å². The summed E-state index contributed by atoms with van der Waals surface area (Å²) in [6, 6.07) is 16.6. The zero-order valence-electron chi connectivity index (χ0n) is 13.9. The Hall–Kier alpha value is -1.74. The first-order valence-corrected chi connectivity index (χ1v) is 9.83. The first-order chi connectivity index (χ1) is 11.5. The van der Waals surface area contributed by atoms with Gasteiger partial charge in [0.1, 0.15) is 0 Å². The molecule has 0 radical (unpaired) electrons. The molecule has 24 heavy (non-hydrogen) atoms. The lowest BCUT2D eigenvalue weighted by atomic mass is 10.0. The highest BCUT2D eigenvalue weighted by Crippen LogP contribution is 2.45. The molecule has 4 nitrogen and oxygen atoms in total. The van der Waals surface area contributed by atoms with E-state index in [4.69, 9.17) is 4.52 Å². The van der Waals surface area contributed by atoms with E-state index >= 15 is 0 Å². The molecular weight excluding hydrogens is 323 g/mol. The summed E-state index contributed by atoms with van der Waals surface area (Å²) in [5.41, 5.74) is 2.60. The second-order valence-corrected chi connectivity index (χ2v) is 7.71. The third-order valence-corrected chi connectivity index (χ3v) is 5.04. The highest BCUT2D eigenvalue weighted by atomic mass is 31.2. The van der Waals surface area contributed by atoms with Crippen LogP contribution < -0.4 is 0 Å². The summed E-state index contributed by atoms with van der Waals surface area (Å²) in [6.07, 6.45) is 1.64. The predicted octanol–water partition coefficient (Wildman–Crippen LogP) is 4.75. The van der Waals surface area contributed by atoms with Crippen LogP contribution in [-0.2, 0) is 15.3 Å². The molecule has 2 aromatic carbocycles. The zero-order valence-corrected chi connectivity index (χ0v) is 14.7. The van der Waals surface area contributed by atoms with Crippen LogP contribution in [0.1, 0.15) is 40.7 Å². The molecule has 2 rings (SSSR count). The number of unbranched alkanes of at least 4 members (excludes halogenated alkanes) is 1. The van der Waals surface area contributed by atoms with E-state index in [9.17, 15) is 14.3 Å². The molecule has 1 N–H and O–H groups in total. The standard InChI is InChI=1S/C19H23O4P/c1-16-10-12-18(13-11-16)19(20)9-5-6-14-23-24(21,22)15-17-7-3-2-4-8-17/h2-4,7-8,10-13H,5-6,9,14-15H2,1H3,(H,21,22). The third kappa shape index (κ3) is 6.40. The maximum Gasteiger partial charge on any atom is 0.332 e. The maximum absolute atomic E-state index is 12.0. The van der Waals surface area contributed by atoms with E-state index in [2.05, 4.69) is 0 Å². The number of hydrogen-bond acceptors (Lipinski definition) is 3. The zero-order chi connectivity index (χ0) is 17.4. The summed E-state index contributed by atoms with van der Waals surface area (Å²) in [7, 11) is -3.63. The Morgan fingerprint density at radius 2 is 1.71 bits per heavy atom. The molecule has 0 aromatic heterocycles. The van der Waals surface area contributed by atoms with Crippen LogP contribution >= 0.6 is 7.60 Å². The molecule has 1 unspecified atom stereocenters. The van der Waals surface area contributed by atoms with Gasteiger partial charge < -0.3 is 9.42 Å². The van der Waals surface area contributed by atoms with Crippen LogP contribution in [0.5, 0.6) is 0 Å². The Balaban J connectivity index is 1.68. The van der Waals surface area contributed by atoms with Crippen molar-refractivity contribution in [2.45, 2.75) is 32.3 Å². The van der Waals surface area contributed by atoms with Gasteiger partial charge in [-0.05, 0) is 25.3 Å². The van der Waals surface area contributed by atoms with E-state index in [-0.39, 0.29) is 18.6 Å². The molecule has 0 heterocycles. The van der Waals surface area contributed by atoms with Gasteiger partial charge in [-0.2, -0.15) is 0 Å². The van der Waals surface area contributed by atoms with Gasteiger partial charge in [0.2, 0.25) is 0 Å². The van der Waals surface area contributed by atoms with Crippen LogP contribution in [0, 0.1) is 6.92 Å². The van der Waals surface area contributed by atoms with Gasteiger partial charge in [0.05, 0.1) is 12.8 Å². The van der Waals surface area contributed by atoms with Crippen molar-refractivity contribution in [3.8, 4) is 0 Å². The number of hydrogen-bond donors (Lipinski definition) is 1. The van der Waals surface area contributed by atoms with Crippen LogP contribution in [0.3, 0.4) is 0 Å². The van der Waals surface area contributed by atoms with Gasteiger partial charge in [-0.1, -0.05) is 60.2 Å². The van der Waals surface area contributed by atoms with Crippen molar-refractivity contribution in [3.63, 3.8) is 0 Å². The molecule has 0 aliphatic heterocycles. The van der Waals surface area contributed by atoms with Gasteiger partial charge in [-0.3, -0.25) is 9.36 Å². The van der Waals surface area contributed by atoms with Crippen molar-refractivity contribution in [1.29, 1.82) is 0 Å². The van der Waals surface area contributed by atoms with Crippen molar-refractivity contribution in [1.82, 2.24) is 0 Å². The van der Waals surface area contributed by atoms with Gasteiger partial charge >= 0.3 is 7.60 Å². The van der Waals surface area contributed by atoms with E-state index in [0.717, 1.165) is 11.1 Å². The van der Waals surface area contributed by atoms with Gasteiger partial charge in [0.15, 0.2) is 5.78 Å². The lowest BCUT2D eigenvalue weighted by Crippen LogP contribution is -2.01. The molecular formula is C19H23O4P. The number of carbonyl (C=O) groups excluding carboxylic acids is 1. The van der Waals surface area contributed by atoms with E-state index < -0.39 is 7.60 Å². The molecule has 0 aliphatic rings. The van der Waals surface area contributed by atoms with Gasteiger partial charge in [-0.25, -0.2) is 0 Å². The van der Waals surface area contributed by atoms with E-state index in [1.54, 1.807) is 12.1 Å². The van der Waals surface area contributed by atoms with E-state index in [0.29, 0.717) is 24.8 Å². The quantitative estimate of drug-likeness (QED) is 0.404. The maximum atomic E-state index is 12.0. The normalized spacial score (nSPS) is 13.4. The number of aryl methyl sites for hydroxylation is 1. The second-order valence-electron chi connectivity index (χ2n) is 5.86. The molecule has 0 bridgehead atoms. The molecule has 0 saturated heterocycles. The SMILES string of the molecule is Cc1ccc(C(=O)CCCCOP(=O)(O)Cc2ccccc2)cc1. The lowest BCUT2D eigenvalue weighted by Gasteiger charge is -2.12. The molecule has 0 amide bonds. The summed E-state index contributed by atoms with van der Waals surface area (Å²) in [5, 5.41) is 0. The Morgan fingerprint density at radius 3 is 2.38 bits per heavy atom. The monoisotopic (exact) mass is 346 g/mol. The fourth-order valence-electron chi connectivity index (χ4n) is 2.34. The minimum Gasteiger partial charge on any atom is -0.324 e. The highest BCUT2D eigenvalue weighted by molar-refractivity contribution is 7.51. The Kier molecular flexibility index (Phi) is 6.92. The number of rotatable bonds is 9. The molecule has 128 valence electrons. The van der Waals surface area contributed by atoms with Crippen LogP contribution in [0.4, 0.5) is 0 Å². The van der Waals surface area contributed by atoms with Crippen molar-refractivity contribution in [2.75, 3.05) is 6.61 Å². The molecule has 5 heteroatoms. The van der Waals surface area contributed by atoms with Crippen molar-refractivity contribution in [2.24, 2.45) is 0 Å². The number of carbonyl (C=O) groups is 1. The predicted molar refractivity (Wildman–Crippen MR) is 95.3 cm³/mol. The molecule has 2 aromatic rings. The fourth-order valence-corrected chi connectivity index (χ4v) is 3.52. The van der Waals surface area contributed by atoms with Gasteiger partial charge in [0, 0.05) is 12.0 Å². The van der Waals surface area contributed by atoms with Crippen LogP contribution in [0.25, 0.3) is 0 Å². The van der Waals surface area contributed by atoms with Crippen LogP contribution in [0.15, 0.2) is 54.6 Å². The summed E-state index contributed by atoms with van der Waals surface area (Å²) < 4.78 is 17.1. The summed E-state index contributed by atoms with van der Waals surface area (Å²) in [6.45, 7) is 2.16. The average Bonchev–Trinajstić information content (AvgIpc) is 2.55. The van der Waals surface area contributed by atoms with Crippen molar-refractivity contribution >= 4 is 13.4 Å². The third-order valence-electron chi connectivity index (χ3n) is 3.69. The number of ketones is 1. The summed E-state index contributed by atoms with van der Waals surface area (Å²) in [5.74, 6) is 0.0893. The first kappa shape index (κ1) is 18.6. The van der Waals surface area contributed by atoms with E-state index in [1.165, 1.54) is 0 Å². The smallest absolute Gasteiger partial charge is 0.324 e. The van der Waals surface area contributed by atoms with E-state index in [1.807, 2.05) is 49.4 Å². The van der Waals surface area contributed by atoms with Crippen LogP contribution in [-0.4, -0.2) is 17.3 Å². The fraction of sp³-hybridized carbons (Fsp3) is 0.316. The number of benzene rings is 2. The van der Waals surface area contributed by atoms with Crippen molar-refractivity contribution < 1.29 is 18.8 Å². The summed E-state index contributed by atoms with van der Waals surface area (Å²) >= 11 is 0. The molecule has 0 aliphatic carbocycles. The first-order valence-electron chi connectivity index (χ1n) is 8.06. The minimum absolute atomic E-state index is 0.0101. The second kappa shape index (κ2) is 8.93. The van der Waals surface area contributed by atoms with Gasteiger partial charge in [0.25, 0.3) is 0 Å². The minimum atomic E-state index is -3.63. The summed E-state index contributed by atoms with van der Waals surface area (Å²) in [4.78, 5) is 21.9. The molecule has 1 atom stereocenters. The van der Waals surface area contributed by atoms with Gasteiger partial charge in [-0.15, -0.1) is 0 Å². The Bertz CT molecular complexity index is 695. The Morgan fingerprint density at radius 1 is 1.04 bits per heavy atom. The molecule has 0 saturated carbocycles. The molecule has 0 fully saturated rings. The van der Waals surface area contributed by atoms with Crippen LogP contribution in [0.2, 0.25) is 0 Å². The highest BCUT2D eigenvalue weighted by Gasteiger charge is 2.19. The number of Topliss-reactive ketones (excluding diaryl/α,β-unsaturated/α-hetero) is 1. The Labute approximate surface area is 143 Å². The lowest BCUT2D eigenvalue weighted by molar-refractivity contribution is 0.0978. The topological polar surface area (TPSA) is 63.6 Å². The molecule has 0 spiro atoms. The largest absolute Gasteiger partial charge is 0.332 e. The average molecular weight is 346 g/mol.